The molecule has 1 aliphatic rings. The van der Waals surface area contributed by atoms with Gasteiger partial charge in [0.05, 0.1) is 21.2 Å². The Balaban J connectivity index is 1.37. The maximum Gasteiger partial charge on any atom is 0.178 e. The van der Waals surface area contributed by atoms with E-state index in [9.17, 15) is 8.42 Å². The Labute approximate surface area is 188 Å². The predicted octanol–water partition coefficient (Wildman–Crippen LogP) is 5.17. The Hall–Kier alpha value is -2.65. The highest BCUT2D eigenvalue weighted by molar-refractivity contribution is 7.91. The average Bonchev–Trinajstić information content (AvgIpc) is 3.21. The van der Waals surface area contributed by atoms with Crippen LogP contribution >= 0.6 is 11.6 Å². The van der Waals surface area contributed by atoms with E-state index in [2.05, 4.69) is 41.3 Å². The van der Waals surface area contributed by atoms with Crippen LogP contribution in [0.4, 0.5) is 0 Å². The van der Waals surface area contributed by atoms with Crippen LogP contribution in [0.2, 0.25) is 5.02 Å². The molecule has 0 N–H and O–H groups in total. The first-order valence-electron chi connectivity index (χ1n) is 10.2. The van der Waals surface area contributed by atoms with Gasteiger partial charge in [0.25, 0.3) is 0 Å². The summed E-state index contributed by atoms with van der Waals surface area (Å²) in [6, 6.07) is 25.1. The molecule has 1 heterocycles. The molecule has 1 atom stereocenters. The molecule has 0 radical (unpaired) electrons. The number of rotatable bonds is 6. The molecule has 0 aromatic heterocycles. The molecule has 1 fully saturated rings. The van der Waals surface area contributed by atoms with Gasteiger partial charge >= 0.3 is 0 Å². The average molecular weight is 451 g/mol. The van der Waals surface area contributed by atoms with E-state index in [1.807, 2.05) is 24.3 Å². The largest absolute Gasteiger partial charge is 0.299 e. The highest BCUT2D eigenvalue weighted by Gasteiger charge is 2.28. The van der Waals surface area contributed by atoms with Crippen molar-refractivity contribution in [1.82, 2.24) is 4.90 Å². The summed E-state index contributed by atoms with van der Waals surface area (Å²) >= 11 is 5.93. The number of hydrogen-bond acceptors (Lipinski definition) is 4. The van der Waals surface area contributed by atoms with E-state index in [4.69, 9.17) is 16.9 Å². The van der Waals surface area contributed by atoms with Crippen molar-refractivity contribution in [2.75, 3.05) is 18.8 Å². The first-order chi connectivity index (χ1) is 14.9. The molecule has 0 unspecified atom stereocenters. The minimum absolute atomic E-state index is 0.0785. The third-order valence-electron chi connectivity index (χ3n) is 5.71. The summed E-state index contributed by atoms with van der Waals surface area (Å²) in [6.07, 6.45) is 0.847. The van der Waals surface area contributed by atoms with Gasteiger partial charge in [0.15, 0.2) is 9.84 Å². The summed E-state index contributed by atoms with van der Waals surface area (Å²) in [4.78, 5) is 2.48. The summed E-state index contributed by atoms with van der Waals surface area (Å²) in [5, 5.41) is 9.38. The zero-order valence-electron chi connectivity index (χ0n) is 17.0. The van der Waals surface area contributed by atoms with Gasteiger partial charge in [-0.25, -0.2) is 8.42 Å². The second-order valence-corrected chi connectivity index (χ2v) is 10.4. The quantitative estimate of drug-likeness (QED) is 0.519. The molecule has 158 valence electrons. The number of halogens is 1. The smallest absolute Gasteiger partial charge is 0.178 e. The van der Waals surface area contributed by atoms with Crippen molar-refractivity contribution in [3.05, 3.63) is 88.9 Å². The first-order valence-corrected chi connectivity index (χ1v) is 12.3. The second-order valence-electron chi connectivity index (χ2n) is 7.99. The summed E-state index contributed by atoms with van der Waals surface area (Å²) in [7, 11) is -3.46. The molecule has 0 saturated carbocycles. The zero-order valence-corrected chi connectivity index (χ0v) is 18.6. The van der Waals surface area contributed by atoms with Crippen LogP contribution in [0.25, 0.3) is 11.1 Å². The lowest BCUT2D eigenvalue weighted by molar-refractivity contribution is 0.320. The number of nitrogens with zero attached hydrogens (tertiary/aromatic N) is 2. The third kappa shape index (κ3) is 5.16. The Bertz CT molecular complexity index is 1200. The summed E-state index contributed by atoms with van der Waals surface area (Å²) < 4.78 is 25.7. The standard InChI is InChI=1S/C25H23ClN2O2S/c26-25-11-10-24(14-23(25)15-27)31(29,30)18-20-12-13-28(17-20)16-19-6-8-22(9-7-19)21-4-2-1-3-5-21/h1-11,14,20H,12-13,16-18H2/t20-/m1/s1. The molecule has 3 aromatic rings. The van der Waals surface area contributed by atoms with E-state index in [-0.39, 0.29) is 27.2 Å². The number of sulfone groups is 1. The van der Waals surface area contributed by atoms with Crippen LogP contribution in [0.3, 0.4) is 0 Å². The molecule has 6 heteroatoms. The van der Waals surface area contributed by atoms with Crippen LogP contribution in [0.1, 0.15) is 17.5 Å². The Kier molecular flexibility index (Phi) is 6.43. The molecule has 0 bridgehead atoms. The number of nitriles is 1. The van der Waals surface area contributed by atoms with Crippen LogP contribution in [-0.4, -0.2) is 32.2 Å². The van der Waals surface area contributed by atoms with Crippen LogP contribution in [0.5, 0.6) is 0 Å². The van der Waals surface area contributed by atoms with Crippen molar-refractivity contribution in [1.29, 1.82) is 5.26 Å². The molecule has 0 aliphatic carbocycles. The molecule has 1 saturated heterocycles. The van der Waals surface area contributed by atoms with E-state index >= 15 is 0 Å². The first kappa shape index (κ1) is 21.6. The number of likely N-dealkylation sites (tertiary alicyclic amines) is 1. The van der Waals surface area contributed by atoms with Crippen LogP contribution in [-0.2, 0) is 16.4 Å². The molecule has 31 heavy (non-hydrogen) atoms. The fourth-order valence-electron chi connectivity index (χ4n) is 4.07. The summed E-state index contributed by atoms with van der Waals surface area (Å²) in [5.74, 6) is 0.165. The maximum absolute atomic E-state index is 12.8. The maximum atomic E-state index is 12.8. The molecular weight excluding hydrogens is 428 g/mol. The highest BCUT2D eigenvalue weighted by Crippen LogP contribution is 2.26. The molecule has 4 rings (SSSR count). The Morgan fingerprint density at radius 2 is 1.71 bits per heavy atom. The van der Waals surface area contributed by atoms with E-state index in [0.29, 0.717) is 0 Å². The Morgan fingerprint density at radius 3 is 2.42 bits per heavy atom. The normalized spacial score (nSPS) is 16.8. The third-order valence-corrected chi connectivity index (χ3v) is 7.92. The van der Waals surface area contributed by atoms with E-state index < -0.39 is 9.84 Å². The van der Waals surface area contributed by atoms with Gasteiger partial charge in [0, 0.05) is 13.1 Å². The van der Waals surface area contributed by atoms with Crippen molar-refractivity contribution in [2.45, 2.75) is 17.9 Å². The SMILES string of the molecule is N#Cc1cc(S(=O)(=O)C[C@@H]2CCN(Cc3ccc(-c4ccccc4)cc3)C2)ccc1Cl. The summed E-state index contributed by atoms with van der Waals surface area (Å²) in [5.41, 5.74) is 3.80. The van der Waals surface area contributed by atoms with Gasteiger partial charge in [-0.15, -0.1) is 0 Å². The lowest BCUT2D eigenvalue weighted by Crippen LogP contribution is -2.23. The second kappa shape index (κ2) is 9.23. The predicted molar refractivity (Wildman–Crippen MR) is 123 cm³/mol. The van der Waals surface area contributed by atoms with Gasteiger partial charge in [-0.1, -0.05) is 66.2 Å². The van der Waals surface area contributed by atoms with Crippen molar-refractivity contribution in [3.63, 3.8) is 0 Å². The van der Waals surface area contributed by atoms with Gasteiger partial charge < -0.3 is 0 Å². The number of hydrogen-bond donors (Lipinski definition) is 0. The molecule has 3 aromatic carbocycles. The van der Waals surface area contributed by atoms with Crippen molar-refractivity contribution < 1.29 is 8.42 Å². The van der Waals surface area contributed by atoms with Crippen molar-refractivity contribution in [3.8, 4) is 17.2 Å². The molecule has 1 aliphatic heterocycles. The fraction of sp³-hybridized carbons (Fsp3) is 0.240. The molecule has 0 amide bonds. The molecule has 4 nitrogen and oxygen atoms in total. The van der Waals surface area contributed by atoms with Gasteiger partial charge in [0.1, 0.15) is 6.07 Å². The van der Waals surface area contributed by atoms with Crippen LogP contribution < -0.4 is 0 Å². The lowest BCUT2D eigenvalue weighted by atomic mass is 10.0. The minimum atomic E-state index is -3.46. The van der Waals surface area contributed by atoms with E-state index in [0.717, 1.165) is 26.1 Å². The minimum Gasteiger partial charge on any atom is -0.299 e. The summed E-state index contributed by atoms with van der Waals surface area (Å²) in [6.45, 7) is 2.44. The van der Waals surface area contributed by atoms with Gasteiger partial charge in [-0.2, -0.15) is 5.26 Å². The monoisotopic (exact) mass is 450 g/mol. The van der Waals surface area contributed by atoms with Gasteiger partial charge in [-0.3, -0.25) is 4.90 Å². The van der Waals surface area contributed by atoms with Gasteiger partial charge in [0.2, 0.25) is 0 Å². The molecule has 0 spiro atoms. The van der Waals surface area contributed by atoms with E-state index in [1.54, 1.807) is 0 Å². The topological polar surface area (TPSA) is 61.2 Å². The van der Waals surface area contributed by atoms with Crippen molar-refractivity contribution >= 4 is 21.4 Å². The zero-order chi connectivity index (χ0) is 21.8. The molecular formula is C25H23ClN2O2S. The van der Waals surface area contributed by atoms with E-state index in [1.165, 1.54) is 34.9 Å². The fourth-order valence-corrected chi connectivity index (χ4v) is 5.89. The lowest BCUT2D eigenvalue weighted by Gasteiger charge is -2.16. The van der Waals surface area contributed by atoms with Crippen molar-refractivity contribution in [2.24, 2.45) is 5.92 Å². The van der Waals surface area contributed by atoms with Crippen LogP contribution in [0.15, 0.2) is 77.7 Å². The highest BCUT2D eigenvalue weighted by atomic mass is 35.5. The number of benzene rings is 3. The Morgan fingerprint density at radius 1 is 1.00 bits per heavy atom. The van der Waals surface area contributed by atoms with Crippen LogP contribution in [0, 0.1) is 17.2 Å². The van der Waals surface area contributed by atoms with Gasteiger partial charge in [-0.05, 0) is 53.8 Å².